The Morgan fingerprint density at radius 1 is 1.03 bits per heavy atom. The summed E-state index contributed by atoms with van der Waals surface area (Å²) >= 11 is 0. The van der Waals surface area contributed by atoms with Crippen LogP contribution in [0.4, 0.5) is 0 Å². The minimum Gasteiger partial charge on any atom is -0.507 e. The second kappa shape index (κ2) is 11.0. The van der Waals surface area contributed by atoms with Crippen molar-refractivity contribution in [1.82, 2.24) is 9.80 Å². The van der Waals surface area contributed by atoms with Gasteiger partial charge in [0.1, 0.15) is 17.3 Å². The van der Waals surface area contributed by atoms with E-state index in [0.717, 1.165) is 13.1 Å². The van der Waals surface area contributed by atoms with E-state index in [1.54, 1.807) is 48.4 Å². The molecule has 7 heteroatoms. The van der Waals surface area contributed by atoms with Crippen molar-refractivity contribution < 1.29 is 24.2 Å². The van der Waals surface area contributed by atoms with Gasteiger partial charge in [-0.1, -0.05) is 26.0 Å². The van der Waals surface area contributed by atoms with Crippen molar-refractivity contribution in [3.05, 3.63) is 65.2 Å². The van der Waals surface area contributed by atoms with Gasteiger partial charge < -0.3 is 24.4 Å². The maximum absolute atomic E-state index is 13.1. The summed E-state index contributed by atoms with van der Waals surface area (Å²) in [6, 6.07) is 13.4. The van der Waals surface area contributed by atoms with Crippen molar-refractivity contribution in [3.63, 3.8) is 0 Å². The fourth-order valence-electron chi connectivity index (χ4n) is 4.09. The van der Waals surface area contributed by atoms with Gasteiger partial charge in [0.25, 0.3) is 11.7 Å². The highest BCUT2D eigenvalue weighted by Crippen LogP contribution is 2.40. The Hall–Kier alpha value is -3.32. The number of ether oxygens (including phenoxy) is 2. The molecule has 1 saturated heterocycles. The van der Waals surface area contributed by atoms with E-state index in [1.165, 1.54) is 0 Å². The second-order valence-electron chi connectivity index (χ2n) is 7.75. The second-order valence-corrected chi connectivity index (χ2v) is 7.75. The highest BCUT2D eigenvalue weighted by atomic mass is 16.5. The molecule has 0 spiro atoms. The van der Waals surface area contributed by atoms with Crippen LogP contribution < -0.4 is 9.47 Å². The van der Waals surface area contributed by atoms with Crippen LogP contribution in [0.2, 0.25) is 0 Å². The molecule has 1 fully saturated rings. The number of ketones is 1. The zero-order chi connectivity index (χ0) is 24.0. The minimum absolute atomic E-state index is 0.0805. The third-order valence-corrected chi connectivity index (χ3v) is 5.94. The number of methoxy groups -OCH3 is 1. The van der Waals surface area contributed by atoms with Crippen molar-refractivity contribution in [2.24, 2.45) is 0 Å². The van der Waals surface area contributed by atoms with Gasteiger partial charge >= 0.3 is 0 Å². The SMILES string of the molecule is CCOc1ccc(/C(O)=C2/C(=O)C(=O)N(CCN(CC)CC)C2c2cccc(OC)c2)cc1. The standard InChI is InChI=1S/C26H32N2O5/c1-5-27(6-2)15-16-28-23(19-9-8-10-21(17-19)32-4)22(25(30)26(28)31)24(29)18-11-13-20(14-12-18)33-7-3/h8-14,17,23,29H,5-7,15-16H2,1-4H3/b24-22-. The first-order valence-corrected chi connectivity index (χ1v) is 11.3. The Morgan fingerprint density at radius 2 is 1.73 bits per heavy atom. The first kappa shape index (κ1) is 24.3. The van der Waals surface area contributed by atoms with Gasteiger partial charge in [0.15, 0.2) is 0 Å². The maximum Gasteiger partial charge on any atom is 0.295 e. The van der Waals surface area contributed by atoms with Gasteiger partial charge in [-0.3, -0.25) is 9.59 Å². The minimum atomic E-state index is -0.706. The third-order valence-electron chi connectivity index (χ3n) is 5.94. The zero-order valence-corrected chi connectivity index (χ0v) is 19.7. The molecule has 176 valence electrons. The number of carbonyl (C=O) groups excluding carboxylic acids is 2. The number of nitrogens with zero attached hydrogens (tertiary/aromatic N) is 2. The molecule has 1 amide bonds. The zero-order valence-electron chi connectivity index (χ0n) is 19.7. The van der Waals surface area contributed by atoms with Crippen molar-refractivity contribution in [1.29, 1.82) is 0 Å². The summed E-state index contributed by atoms with van der Waals surface area (Å²) in [7, 11) is 1.57. The van der Waals surface area contributed by atoms with Crippen LogP contribution in [0.15, 0.2) is 54.1 Å². The normalized spacial score (nSPS) is 17.6. The van der Waals surface area contributed by atoms with Crippen LogP contribution in [0.5, 0.6) is 11.5 Å². The largest absolute Gasteiger partial charge is 0.507 e. The first-order valence-electron chi connectivity index (χ1n) is 11.3. The molecule has 1 atom stereocenters. The maximum atomic E-state index is 13.1. The fourth-order valence-corrected chi connectivity index (χ4v) is 4.09. The molecule has 7 nitrogen and oxygen atoms in total. The lowest BCUT2D eigenvalue weighted by atomic mass is 9.95. The van der Waals surface area contributed by atoms with Crippen LogP contribution in [0.1, 0.15) is 37.9 Å². The van der Waals surface area contributed by atoms with E-state index >= 15 is 0 Å². The number of benzene rings is 2. The molecule has 0 aromatic heterocycles. The van der Waals surface area contributed by atoms with E-state index in [9.17, 15) is 14.7 Å². The fraction of sp³-hybridized carbons (Fsp3) is 0.385. The topological polar surface area (TPSA) is 79.3 Å². The number of likely N-dealkylation sites (N-methyl/N-ethyl adjacent to an activating group) is 1. The molecule has 1 heterocycles. The van der Waals surface area contributed by atoms with Crippen LogP contribution in [0.25, 0.3) is 5.76 Å². The van der Waals surface area contributed by atoms with Gasteiger partial charge in [0, 0.05) is 18.7 Å². The molecule has 1 unspecified atom stereocenters. The van der Waals surface area contributed by atoms with Crippen molar-refractivity contribution >= 4 is 17.4 Å². The van der Waals surface area contributed by atoms with Crippen molar-refractivity contribution in [3.8, 4) is 11.5 Å². The summed E-state index contributed by atoms with van der Waals surface area (Å²) < 4.78 is 10.8. The quantitative estimate of drug-likeness (QED) is 0.335. The number of amides is 1. The molecule has 0 saturated carbocycles. The monoisotopic (exact) mass is 452 g/mol. The molecule has 2 aromatic rings. The molecule has 1 aliphatic rings. The van der Waals surface area contributed by atoms with Crippen LogP contribution in [0, 0.1) is 0 Å². The number of rotatable bonds is 10. The van der Waals surface area contributed by atoms with Crippen molar-refractivity contribution in [2.75, 3.05) is 39.9 Å². The molecular formula is C26H32N2O5. The highest BCUT2D eigenvalue weighted by Gasteiger charge is 2.46. The van der Waals surface area contributed by atoms with E-state index in [2.05, 4.69) is 18.7 Å². The lowest BCUT2D eigenvalue weighted by Crippen LogP contribution is -2.38. The average Bonchev–Trinajstić information content (AvgIpc) is 3.10. The van der Waals surface area contributed by atoms with Crippen LogP contribution in [-0.2, 0) is 9.59 Å². The molecule has 1 aliphatic heterocycles. The van der Waals surface area contributed by atoms with Gasteiger partial charge in [-0.15, -0.1) is 0 Å². The highest BCUT2D eigenvalue weighted by molar-refractivity contribution is 6.46. The number of aliphatic hydroxyl groups is 1. The van der Waals surface area contributed by atoms with Gasteiger partial charge in [-0.25, -0.2) is 0 Å². The predicted octanol–water partition coefficient (Wildman–Crippen LogP) is 3.86. The Balaban J connectivity index is 2.08. The first-order chi connectivity index (χ1) is 15.9. The smallest absolute Gasteiger partial charge is 0.295 e. The van der Waals surface area contributed by atoms with Crippen LogP contribution in [-0.4, -0.2) is 66.5 Å². The van der Waals surface area contributed by atoms with Crippen LogP contribution >= 0.6 is 0 Å². The van der Waals surface area contributed by atoms with Gasteiger partial charge in [0.05, 0.1) is 25.3 Å². The number of likely N-dealkylation sites (tertiary alicyclic amines) is 1. The lowest BCUT2D eigenvalue weighted by Gasteiger charge is -2.28. The molecule has 3 rings (SSSR count). The number of aliphatic hydroxyl groups excluding tert-OH is 1. The third kappa shape index (κ3) is 5.20. The lowest BCUT2D eigenvalue weighted by molar-refractivity contribution is -0.140. The van der Waals surface area contributed by atoms with Crippen LogP contribution in [0.3, 0.4) is 0 Å². The van der Waals surface area contributed by atoms with E-state index in [-0.39, 0.29) is 11.3 Å². The molecule has 0 radical (unpaired) electrons. The molecule has 0 aliphatic carbocycles. The van der Waals surface area contributed by atoms with E-state index < -0.39 is 17.7 Å². The molecule has 0 bridgehead atoms. The van der Waals surface area contributed by atoms with E-state index in [0.29, 0.717) is 42.3 Å². The summed E-state index contributed by atoms with van der Waals surface area (Å²) in [4.78, 5) is 30.0. The average molecular weight is 453 g/mol. The number of carbonyl (C=O) groups is 2. The molecule has 1 N–H and O–H groups in total. The Labute approximate surface area is 195 Å². The van der Waals surface area contributed by atoms with Crippen molar-refractivity contribution in [2.45, 2.75) is 26.8 Å². The van der Waals surface area contributed by atoms with E-state index in [4.69, 9.17) is 9.47 Å². The molecule has 2 aromatic carbocycles. The summed E-state index contributed by atoms with van der Waals surface area (Å²) in [6.45, 7) is 9.22. The number of hydrogen-bond acceptors (Lipinski definition) is 6. The number of Topliss-reactive ketones (excluding diaryl/α,β-unsaturated/α-hetero) is 1. The van der Waals surface area contributed by atoms with Gasteiger partial charge in [-0.2, -0.15) is 0 Å². The summed E-state index contributed by atoms with van der Waals surface area (Å²) in [5, 5.41) is 11.2. The Kier molecular flexibility index (Phi) is 8.11. The summed E-state index contributed by atoms with van der Waals surface area (Å²) in [6.07, 6.45) is 0. The predicted molar refractivity (Wildman–Crippen MR) is 127 cm³/mol. The molecular weight excluding hydrogens is 420 g/mol. The van der Waals surface area contributed by atoms with Gasteiger partial charge in [0.2, 0.25) is 0 Å². The molecule has 33 heavy (non-hydrogen) atoms. The number of hydrogen-bond donors (Lipinski definition) is 1. The van der Waals surface area contributed by atoms with Gasteiger partial charge in [-0.05, 0) is 62.0 Å². The summed E-state index contributed by atoms with van der Waals surface area (Å²) in [5.41, 5.74) is 1.24. The Bertz CT molecular complexity index is 1010. The van der Waals surface area contributed by atoms with E-state index in [1.807, 2.05) is 19.1 Å². The summed E-state index contributed by atoms with van der Waals surface area (Å²) in [5.74, 6) is -0.216. The Morgan fingerprint density at radius 3 is 2.33 bits per heavy atom.